The third-order valence-corrected chi connectivity index (χ3v) is 4.16. The van der Waals surface area contributed by atoms with Crippen molar-refractivity contribution in [1.82, 2.24) is 4.98 Å². The highest BCUT2D eigenvalue weighted by atomic mass is 32.1. The molecule has 0 radical (unpaired) electrons. The Morgan fingerprint density at radius 1 is 1.12 bits per heavy atom. The van der Waals surface area contributed by atoms with E-state index in [-0.39, 0.29) is 0 Å². The lowest BCUT2D eigenvalue weighted by atomic mass is 9.95. The van der Waals surface area contributed by atoms with Gasteiger partial charge in [-0.05, 0) is 26.3 Å². The number of benzene rings is 1. The van der Waals surface area contributed by atoms with E-state index in [1.54, 1.807) is 11.3 Å². The van der Waals surface area contributed by atoms with Gasteiger partial charge < -0.3 is 5.73 Å². The SMILES string of the molecule is Cc1cc(C)cc(C(C)c2sc(N)nc2C)c1. The van der Waals surface area contributed by atoms with Crippen LogP contribution in [0.5, 0.6) is 0 Å². The van der Waals surface area contributed by atoms with Crippen molar-refractivity contribution < 1.29 is 0 Å². The Labute approximate surface area is 107 Å². The number of aromatic nitrogens is 1. The van der Waals surface area contributed by atoms with Gasteiger partial charge in [-0.3, -0.25) is 0 Å². The van der Waals surface area contributed by atoms with Crippen LogP contribution in [0, 0.1) is 20.8 Å². The van der Waals surface area contributed by atoms with Crippen LogP contribution in [0.4, 0.5) is 5.13 Å². The Balaban J connectivity index is 2.43. The summed E-state index contributed by atoms with van der Waals surface area (Å²) < 4.78 is 0. The highest BCUT2D eigenvalue weighted by Gasteiger charge is 2.15. The van der Waals surface area contributed by atoms with E-state index in [1.165, 1.54) is 21.6 Å². The summed E-state index contributed by atoms with van der Waals surface area (Å²) in [5.74, 6) is 0.364. The highest BCUT2D eigenvalue weighted by molar-refractivity contribution is 7.15. The standard InChI is InChI=1S/C14H18N2S/c1-8-5-9(2)7-12(6-8)10(3)13-11(4)16-14(15)17-13/h5-7,10H,1-4H3,(H2,15,16). The number of thiazole rings is 1. The fraction of sp³-hybridized carbons (Fsp3) is 0.357. The molecule has 1 heterocycles. The molecule has 90 valence electrons. The summed E-state index contributed by atoms with van der Waals surface area (Å²) in [6.45, 7) is 8.52. The van der Waals surface area contributed by atoms with Crippen LogP contribution in [0.1, 0.15) is 40.1 Å². The van der Waals surface area contributed by atoms with E-state index < -0.39 is 0 Å². The summed E-state index contributed by atoms with van der Waals surface area (Å²) in [7, 11) is 0. The minimum absolute atomic E-state index is 0.364. The smallest absolute Gasteiger partial charge is 0.180 e. The van der Waals surface area contributed by atoms with Gasteiger partial charge in [-0.1, -0.05) is 36.2 Å². The lowest BCUT2D eigenvalue weighted by Crippen LogP contribution is -1.97. The van der Waals surface area contributed by atoms with Gasteiger partial charge in [-0.25, -0.2) is 4.98 Å². The van der Waals surface area contributed by atoms with Crippen molar-refractivity contribution >= 4 is 16.5 Å². The molecule has 0 spiro atoms. The average molecular weight is 246 g/mol. The average Bonchev–Trinajstić information content (AvgIpc) is 2.55. The normalized spacial score (nSPS) is 12.7. The van der Waals surface area contributed by atoms with E-state index >= 15 is 0 Å². The summed E-state index contributed by atoms with van der Waals surface area (Å²) in [6.07, 6.45) is 0. The number of anilines is 1. The minimum Gasteiger partial charge on any atom is -0.375 e. The predicted molar refractivity (Wildman–Crippen MR) is 74.7 cm³/mol. The van der Waals surface area contributed by atoms with Gasteiger partial charge in [0.1, 0.15) is 0 Å². The summed E-state index contributed by atoms with van der Waals surface area (Å²) in [5.41, 5.74) is 10.8. The number of hydrogen-bond acceptors (Lipinski definition) is 3. The molecule has 1 atom stereocenters. The van der Waals surface area contributed by atoms with Crippen molar-refractivity contribution in [3.05, 3.63) is 45.5 Å². The molecule has 2 rings (SSSR count). The Kier molecular flexibility index (Phi) is 3.20. The number of hydrogen-bond donors (Lipinski definition) is 1. The van der Waals surface area contributed by atoms with Crippen molar-refractivity contribution in [2.24, 2.45) is 0 Å². The maximum Gasteiger partial charge on any atom is 0.180 e. The number of rotatable bonds is 2. The fourth-order valence-corrected chi connectivity index (χ4v) is 3.16. The highest BCUT2D eigenvalue weighted by Crippen LogP contribution is 2.33. The molecule has 1 unspecified atom stereocenters. The van der Waals surface area contributed by atoms with Crippen LogP contribution >= 0.6 is 11.3 Å². The first-order valence-electron chi connectivity index (χ1n) is 5.78. The molecule has 0 amide bonds. The van der Waals surface area contributed by atoms with Gasteiger partial charge >= 0.3 is 0 Å². The van der Waals surface area contributed by atoms with Gasteiger partial charge in [0, 0.05) is 10.8 Å². The van der Waals surface area contributed by atoms with Crippen molar-refractivity contribution in [2.45, 2.75) is 33.6 Å². The molecule has 2 N–H and O–H groups in total. The van der Waals surface area contributed by atoms with Crippen molar-refractivity contribution in [1.29, 1.82) is 0 Å². The Hall–Kier alpha value is -1.35. The molecule has 0 aliphatic rings. The first-order valence-corrected chi connectivity index (χ1v) is 6.60. The molecule has 0 aliphatic heterocycles. The third-order valence-electron chi connectivity index (χ3n) is 2.99. The second-order valence-electron chi connectivity index (χ2n) is 4.64. The van der Waals surface area contributed by atoms with Crippen molar-refractivity contribution in [3.63, 3.8) is 0 Å². The molecule has 2 nitrogen and oxygen atoms in total. The molecule has 0 aliphatic carbocycles. The van der Waals surface area contributed by atoms with Crippen LogP contribution < -0.4 is 5.73 Å². The Bertz CT molecular complexity index is 523. The van der Waals surface area contributed by atoms with E-state index in [1.807, 2.05) is 6.92 Å². The molecule has 0 saturated carbocycles. The van der Waals surface area contributed by atoms with Gasteiger partial charge in [-0.15, -0.1) is 11.3 Å². The van der Waals surface area contributed by atoms with Crippen molar-refractivity contribution in [2.75, 3.05) is 5.73 Å². The molecular formula is C14H18N2S. The first kappa shape index (κ1) is 12.1. The van der Waals surface area contributed by atoms with Crippen molar-refractivity contribution in [3.8, 4) is 0 Å². The van der Waals surface area contributed by atoms with Gasteiger partial charge in [0.2, 0.25) is 0 Å². The van der Waals surface area contributed by atoms with Crippen LogP contribution in [0.15, 0.2) is 18.2 Å². The largest absolute Gasteiger partial charge is 0.375 e. The molecule has 3 heteroatoms. The summed E-state index contributed by atoms with van der Waals surface area (Å²) in [4.78, 5) is 5.57. The zero-order chi connectivity index (χ0) is 12.6. The number of nitrogen functional groups attached to an aromatic ring is 1. The lowest BCUT2D eigenvalue weighted by molar-refractivity contribution is 0.922. The Morgan fingerprint density at radius 3 is 2.18 bits per heavy atom. The van der Waals surface area contributed by atoms with Crippen LogP contribution in [0.3, 0.4) is 0 Å². The third kappa shape index (κ3) is 2.50. The van der Waals surface area contributed by atoms with Gasteiger partial charge in [0.05, 0.1) is 5.69 Å². The lowest BCUT2D eigenvalue weighted by Gasteiger charge is -2.12. The molecule has 0 bridgehead atoms. The molecule has 17 heavy (non-hydrogen) atoms. The minimum atomic E-state index is 0.364. The summed E-state index contributed by atoms with van der Waals surface area (Å²) >= 11 is 1.60. The maximum absolute atomic E-state index is 5.76. The van der Waals surface area contributed by atoms with Crippen LogP contribution in [-0.2, 0) is 0 Å². The first-order chi connectivity index (χ1) is 7.97. The monoisotopic (exact) mass is 246 g/mol. The van der Waals surface area contributed by atoms with E-state index in [9.17, 15) is 0 Å². The molecule has 0 saturated heterocycles. The summed E-state index contributed by atoms with van der Waals surface area (Å²) in [5, 5.41) is 0.661. The number of aryl methyl sites for hydroxylation is 3. The van der Waals surface area contributed by atoms with Crippen LogP contribution in [-0.4, -0.2) is 4.98 Å². The fourth-order valence-electron chi connectivity index (χ4n) is 2.24. The quantitative estimate of drug-likeness (QED) is 0.875. The summed E-state index contributed by atoms with van der Waals surface area (Å²) in [6, 6.07) is 6.68. The topological polar surface area (TPSA) is 38.9 Å². The Morgan fingerprint density at radius 2 is 1.71 bits per heavy atom. The molecular weight excluding hydrogens is 228 g/mol. The molecule has 1 aromatic heterocycles. The zero-order valence-corrected chi connectivity index (χ0v) is 11.6. The van der Waals surface area contributed by atoms with E-state index in [0.717, 1.165) is 5.69 Å². The maximum atomic E-state index is 5.76. The predicted octanol–water partition coefficient (Wildman–Crippen LogP) is 3.80. The van der Waals surface area contributed by atoms with Crippen LogP contribution in [0.2, 0.25) is 0 Å². The molecule has 2 aromatic rings. The second kappa shape index (κ2) is 4.49. The van der Waals surface area contributed by atoms with Gasteiger partial charge in [-0.2, -0.15) is 0 Å². The molecule has 0 fully saturated rings. The van der Waals surface area contributed by atoms with Gasteiger partial charge in [0.25, 0.3) is 0 Å². The number of nitrogens with two attached hydrogens (primary N) is 1. The molecule has 1 aromatic carbocycles. The number of nitrogens with zero attached hydrogens (tertiary/aromatic N) is 1. The van der Waals surface area contributed by atoms with Gasteiger partial charge in [0.15, 0.2) is 5.13 Å². The van der Waals surface area contributed by atoms with Crippen LogP contribution in [0.25, 0.3) is 0 Å². The zero-order valence-electron chi connectivity index (χ0n) is 10.7. The second-order valence-corrected chi connectivity index (χ2v) is 5.71. The van der Waals surface area contributed by atoms with E-state index in [0.29, 0.717) is 11.0 Å². The van der Waals surface area contributed by atoms with E-state index in [4.69, 9.17) is 5.73 Å². The van der Waals surface area contributed by atoms with E-state index in [2.05, 4.69) is 44.0 Å².